The molecule has 0 bridgehead atoms. The number of aromatic nitrogens is 2. The summed E-state index contributed by atoms with van der Waals surface area (Å²) in [5, 5.41) is 6.68. The number of para-hydroxylation sites is 1. The molecule has 1 aliphatic carbocycles. The molecule has 0 saturated carbocycles. The van der Waals surface area contributed by atoms with Crippen molar-refractivity contribution in [1.29, 1.82) is 0 Å². The molecule has 0 unspecified atom stereocenters. The van der Waals surface area contributed by atoms with Crippen molar-refractivity contribution in [1.82, 2.24) is 5.10 Å². The van der Waals surface area contributed by atoms with E-state index >= 15 is 0 Å². The number of aryl methyl sites for hydroxylation is 2. The van der Waals surface area contributed by atoms with Crippen LogP contribution in [0.3, 0.4) is 0 Å². The van der Waals surface area contributed by atoms with Gasteiger partial charge in [0.2, 0.25) is 5.69 Å². The summed E-state index contributed by atoms with van der Waals surface area (Å²) in [6.07, 6.45) is 3.63. The lowest BCUT2D eigenvalue weighted by Gasteiger charge is -2.43. The first-order valence-electron chi connectivity index (χ1n) is 12.2. The Morgan fingerprint density at radius 3 is 2.50 bits per heavy atom. The quantitative estimate of drug-likeness (QED) is 0.343. The third-order valence-electron chi connectivity index (χ3n) is 7.07. The van der Waals surface area contributed by atoms with Gasteiger partial charge in [-0.1, -0.05) is 50.6 Å². The normalized spacial score (nSPS) is 19.3. The van der Waals surface area contributed by atoms with E-state index in [1.54, 1.807) is 10.7 Å². The number of fused-ring (bicyclic) bond motifs is 5. The molecule has 0 saturated heterocycles. The van der Waals surface area contributed by atoms with Crippen molar-refractivity contribution in [2.45, 2.75) is 65.1 Å². The van der Waals surface area contributed by atoms with Gasteiger partial charge >= 0.3 is 0 Å². The van der Waals surface area contributed by atoms with Gasteiger partial charge in [0.05, 0.1) is 11.8 Å². The minimum atomic E-state index is -2.23. The third-order valence-corrected chi connectivity index (χ3v) is 7.07. The van der Waals surface area contributed by atoms with Crippen LogP contribution >= 0.6 is 0 Å². The number of benzene rings is 2. The smallest absolute Gasteiger partial charge is 0.243 e. The largest absolute Gasteiger partial charge is 0.455 e. The van der Waals surface area contributed by atoms with E-state index in [-0.39, 0.29) is 16.4 Å². The molecule has 0 radical (unpaired) electrons. The van der Waals surface area contributed by atoms with Gasteiger partial charge in [-0.2, -0.15) is 0 Å². The summed E-state index contributed by atoms with van der Waals surface area (Å²) in [7, 11) is 1.86. The maximum Gasteiger partial charge on any atom is 0.243 e. The first-order valence-corrected chi connectivity index (χ1v) is 10.7. The first-order chi connectivity index (χ1) is 15.3. The van der Waals surface area contributed by atoms with E-state index < -0.39 is 6.85 Å². The average molecular weight is 403 g/mol. The van der Waals surface area contributed by atoms with Crippen LogP contribution < -0.4 is 4.68 Å². The summed E-state index contributed by atoms with van der Waals surface area (Å²) in [5.74, 6) is 0. The van der Waals surface area contributed by atoms with Crippen molar-refractivity contribution in [2.24, 2.45) is 7.05 Å². The predicted octanol–water partition coefficient (Wildman–Crippen LogP) is 6.44. The van der Waals surface area contributed by atoms with Gasteiger partial charge in [-0.25, -0.2) is 0 Å². The van der Waals surface area contributed by atoms with E-state index in [9.17, 15) is 0 Å². The van der Waals surface area contributed by atoms with Crippen LogP contribution in [-0.2, 0) is 17.9 Å². The van der Waals surface area contributed by atoms with E-state index in [0.29, 0.717) is 0 Å². The van der Waals surface area contributed by atoms with E-state index in [0.717, 1.165) is 51.6 Å². The molecule has 4 aromatic rings. The Labute approximate surface area is 182 Å². The van der Waals surface area contributed by atoms with Crippen molar-refractivity contribution in [3.8, 4) is 11.3 Å². The highest BCUT2D eigenvalue weighted by atomic mass is 16.3. The van der Waals surface area contributed by atoms with Crippen molar-refractivity contribution in [3.05, 3.63) is 58.8 Å². The van der Waals surface area contributed by atoms with E-state index in [4.69, 9.17) is 8.53 Å². The average Bonchev–Trinajstić information content (AvgIpc) is 3.09. The van der Waals surface area contributed by atoms with Crippen LogP contribution in [0.5, 0.6) is 0 Å². The minimum Gasteiger partial charge on any atom is -0.455 e. The summed E-state index contributed by atoms with van der Waals surface area (Å²) in [6.45, 7) is 9.24. The standard InChI is InChI=1S/C27H31N2O/c1-16-14-19(29(7)28-15-16)21-17(2)23-24(27(5,6)13-12-26(23,3)4)22-18-10-8-9-11-20(18)30-25(21)22/h8-11,14-15H,12-13H2,1-7H3/q+1/i1D3. The van der Waals surface area contributed by atoms with Crippen molar-refractivity contribution >= 4 is 21.9 Å². The fraction of sp³-hybridized carbons (Fsp3) is 0.407. The highest BCUT2D eigenvalue weighted by Gasteiger charge is 2.42. The van der Waals surface area contributed by atoms with Crippen LogP contribution in [-0.4, -0.2) is 5.10 Å². The van der Waals surface area contributed by atoms with Crippen LogP contribution in [0.2, 0.25) is 0 Å². The lowest BCUT2D eigenvalue weighted by molar-refractivity contribution is -0.720. The fourth-order valence-electron chi connectivity index (χ4n) is 5.51. The van der Waals surface area contributed by atoms with Gasteiger partial charge in [-0.15, -0.1) is 0 Å². The molecule has 0 fully saturated rings. The molecule has 5 rings (SSSR count). The lowest BCUT2D eigenvalue weighted by Crippen LogP contribution is -2.37. The second kappa shape index (κ2) is 6.16. The zero-order valence-electron chi connectivity index (χ0n) is 21.7. The molecule has 0 atom stereocenters. The fourth-order valence-corrected chi connectivity index (χ4v) is 5.51. The molecule has 2 aromatic heterocycles. The van der Waals surface area contributed by atoms with Crippen molar-refractivity contribution < 1.29 is 13.2 Å². The van der Waals surface area contributed by atoms with Crippen LogP contribution in [0, 0.1) is 13.8 Å². The summed E-state index contributed by atoms with van der Waals surface area (Å²) in [6, 6.07) is 9.95. The number of hydrogen-bond acceptors (Lipinski definition) is 2. The summed E-state index contributed by atoms with van der Waals surface area (Å²) < 4.78 is 32.1. The maximum atomic E-state index is 7.93. The Kier molecular flexibility index (Phi) is 3.30. The van der Waals surface area contributed by atoms with Gasteiger partial charge in [-0.05, 0) is 70.9 Å². The van der Waals surface area contributed by atoms with E-state index in [2.05, 4.69) is 51.9 Å². The van der Waals surface area contributed by atoms with Gasteiger partial charge in [0.1, 0.15) is 11.2 Å². The maximum absolute atomic E-state index is 7.93. The molecule has 0 aliphatic heterocycles. The number of nitrogens with zero attached hydrogens (tertiary/aromatic N) is 2. The molecule has 3 heteroatoms. The molecule has 0 amide bonds. The lowest BCUT2D eigenvalue weighted by atomic mass is 9.60. The molecular weight excluding hydrogens is 368 g/mol. The molecular formula is C27H31N2O+. The molecule has 3 nitrogen and oxygen atoms in total. The zero-order chi connectivity index (χ0) is 23.9. The second-order valence-corrected chi connectivity index (χ2v) is 10.1. The molecule has 1 aliphatic rings. The Hall–Kier alpha value is -2.68. The van der Waals surface area contributed by atoms with Crippen molar-refractivity contribution in [2.75, 3.05) is 0 Å². The van der Waals surface area contributed by atoms with Gasteiger partial charge in [0, 0.05) is 21.0 Å². The molecule has 30 heavy (non-hydrogen) atoms. The number of hydrogen-bond donors (Lipinski definition) is 0. The van der Waals surface area contributed by atoms with Gasteiger partial charge < -0.3 is 4.42 Å². The Bertz CT molecular complexity index is 1430. The highest BCUT2D eigenvalue weighted by molar-refractivity contribution is 6.12. The number of rotatable bonds is 1. The zero-order valence-corrected chi connectivity index (χ0v) is 18.7. The topological polar surface area (TPSA) is 29.9 Å². The van der Waals surface area contributed by atoms with Crippen molar-refractivity contribution in [3.63, 3.8) is 0 Å². The first kappa shape index (κ1) is 16.1. The Balaban J connectivity index is 2.03. The third kappa shape index (κ3) is 2.57. The van der Waals surface area contributed by atoms with Crippen LogP contribution in [0.25, 0.3) is 33.2 Å². The highest BCUT2D eigenvalue weighted by Crippen LogP contribution is 2.54. The van der Waals surface area contributed by atoms with Gasteiger partial charge in [-0.3, -0.25) is 0 Å². The van der Waals surface area contributed by atoms with Crippen LogP contribution in [0.1, 0.15) is 66.9 Å². The van der Waals surface area contributed by atoms with Gasteiger partial charge in [0.15, 0.2) is 7.05 Å². The number of furan rings is 1. The monoisotopic (exact) mass is 402 g/mol. The Morgan fingerprint density at radius 1 is 1.07 bits per heavy atom. The molecule has 2 heterocycles. The summed E-state index contributed by atoms with van der Waals surface area (Å²) in [4.78, 5) is 0. The van der Waals surface area contributed by atoms with E-state index in [1.165, 1.54) is 17.3 Å². The summed E-state index contributed by atoms with van der Waals surface area (Å²) >= 11 is 0. The molecule has 154 valence electrons. The minimum absolute atomic E-state index is 0.0000133. The van der Waals surface area contributed by atoms with E-state index in [1.807, 2.05) is 19.2 Å². The molecule has 2 aromatic carbocycles. The predicted molar refractivity (Wildman–Crippen MR) is 123 cm³/mol. The summed E-state index contributed by atoms with van der Waals surface area (Å²) in [5.41, 5.74) is 7.45. The molecule has 0 spiro atoms. The van der Waals surface area contributed by atoms with Crippen LogP contribution in [0.15, 0.2) is 40.9 Å². The van der Waals surface area contributed by atoms with Gasteiger partial charge in [0.25, 0.3) is 0 Å². The Morgan fingerprint density at radius 2 is 1.77 bits per heavy atom. The SMILES string of the molecule is [2H]C([2H])([2H])c1cn[n+](C)c(-c2c(C)c3c(c4c2oc2ccccc24)C(C)(C)CCC3(C)C)c1. The second-order valence-electron chi connectivity index (χ2n) is 10.1. The molecule has 0 N–H and O–H groups in total. The van der Waals surface area contributed by atoms with Crippen LogP contribution in [0.4, 0.5) is 0 Å².